The molecule has 1 saturated carbocycles. The average molecular weight is 280 g/mol. The molecule has 0 radical (unpaired) electrons. The molecule has 2 aliphatic rings. The molecule has 0 bridgehead atoms. The maximum absolute atomic E-state index is 4.91. The third kappa shape index (κ3) is 2.56. The molecule has 4 nitrogen and oxygen atoms in total. The Balaban J connectivity index is 1.70. The van der Waals surface area contributed by atoms with Gasteiger partial charge in [0.05, 0.1) is 17.8 Å². The van der Waals surface area contributed by atoms with Crippen molar-refractivity contribution in [2.24, 2.45) is 0 Å². The van der Waals surface area contributed by atoms with Crippen LogP contribution in [0.3, 0.4) is 0 Å². The van der Waals surface area contributed by atoms with Crippen LogP contribution in [0.25, 0.3) is 0 Å². The molecule has 108 valence electrons. The van der Waals surface area contributed by atoms with Crippen molar-refractivity contribution in [1.29, 1.82) is 0 Å². The van der Waals surface area contributed by atoms with Gasteiger partial charge in [0, 0.05) is 42.9 Å². The lowest BCUT2D eigenvalue weighted by molar-refractivity contribution is 0.402. The number of hydrogen-bond acceptors (Lipinski definition) is 4. The maximum Gasteiger partial charge on any atom is 0.134 e. The monoisotopic (exact) mass is 280 g/mol. The van der Waals surface area contributed by atoms with Gasteiger partial charge in [0.1, 0.15) is 5.82 Å². The molecular weight excluding hydrogens is 260 g/mol. The van der Waals surface area contributed by atoms with E-state index < -0.39 is 0 Å². The number of aromatic nitrogens is 3. The standard InChI is InChI=1S/C17H20N4/c1-2-8-19-13(6-1)10-16-20-15-7-9-18-11-14(15)17(21-16)12-4-3-5-12/h1-2,6,8,12,18H,3-5,7,9-11H2. The summed E-state index contributed by atoms with van der Waals surface area (Å²) in [6.07, 6.45) is 7.50. The fraction of sp³-hybridized carbons (Fsp3) is 0.471. The van der Waals surface area contributed by atoms with E-state index in [1.54, 1.807) is 0 Å². The van der Waals surface area contributed by atoms with Crippen LogP contribution in [-0.4, -0.2) is 21.5 Å². The zero-order valence-electron chi connectivity index (χ0n) is 12.2. The normalized spacial score (nSPS) is 18.1. The quantitative estimate of drug-likeness (QED) is 0.938. The van der Waals surface area contributed by atoms with E-state index in [0.717, 1.165) is 37.4 Å². The smallest absolute Gasteiger partial charge is 0.134 e. The predicted molar refractivity (Wildman–Crippen MR) is 81.1 cm³/mol. The van der Waals surface area contributed by atoms with Gasteiger partial charge in [-0.25, -0.2) is 9.97 Å². The Morgan fingerprint density at radius 3 is 2.90 bits per heavy atom. The molecule has 4 heteroatoms. The van der Waals surface area contributed by atoms with Gasteiger partial charge < -0.3 is 5.32 Å². The topological polar surface area (TPSA) is 50.7 Å². The highest BCUT2D eigenvalue weighted by Gasteiger charge is 2.27. The van der Waals surface area contributed by atoms with Crippen LogP contribution in [0.1, 0.15) is 53.7 Å². The van der Waals surface area contributed by atoms with Crippen molar-refractivity contribution in [2.45, 2.75) is 44.6 Å². The van der Waals surface area contributed by atoms with Gasteiger partial charge in [-0.2, -0.15) is 0 Å². The fourth-order valence-corrected chi connectivity index (χ4v) is 3.19. The van der Waals surface area contributed by atoms with Gasteiger partial charge in [-0.3, -0.25) is 4.98 Å². The minimum atomic E-state index is 0.657. The number of rotatable bonds is 3. The highest BCUT2D eigenvalue weighted by atomic mass is 15.0. The molecule has 0 aromatic carbocycles. The highest BCUT2D eigenvalue weighted by molar-refractivity contribution is 5.32. The Labute approximate surface area is 125 Å². The van der Waals surface area contributed by atoms with Crippen molar-refractivity contribution >= 4 is 0 Å². The number of fused-ring (bicyclic) bond motifs is 1. The van der Waals surface area contributed by atoms with Crippen LogP contribution in [0.4, 0.5) is 0 Å². The average Bonchev–Trinajstić information content (AvgIpc) is 2.46. The molecule has 1 fully saturated rings. The SMILES string of the molecule is c1ccc(Cc2nc3c(c(C4CCC4)n2)CNCC3)nc1. The summed E-state index contributed by atoms with van der Waals surface area (Å²) >= 11 is 0. The molecular formula is C17H20N4. The summed E-state index contributed by atoms with van der Waals surface area (Å²) < 4.78 is 0. The van der Waals surface area contributed by atoms with E-state index >= 15 is 0 Å². The van der Waals surface area contributed by atoms with Crippen molar-refractivity contribution < 1.29 is 0 Å². The first-order valence-electron chi connectivity index (χ1n) is 7.89. The largest absolute Gasteiger partial charge is 0.312 e. The molecule has 1 aliphatic heterocycles. The van der Waals surface area contributed by atoms with Crippen molar-refractivity contribution in [1.82, 2.24) is 20.3 Å². The van der Waals surface area contributed by atoms with Crippen molar-refractivity contribution in [2.75, 3.05) is 6.54 Å². The Hall–Kier alpha value is -1.81. The first kappa shape index (κ1) is 12.9. The summed E-state index contributed by atoms with van der Waals surface area (Å²) in [4.78, 5) is 14.1. The van der Waals surface area contributed by atoms with E-state index in [1.807, 2.05) is 24.4 Å². The van der Waals surface area contributed by atoms with Gasteiger partial charge in [0.2, 0.25) is 0 Å². The van der Waals surface area contributed by atoms with E-state index in [4.69, 9.17) is 9.97 Å². The molecule has 4 rings (SSSR count). The van der Waals surface area contributed by atoms with Crippen LogP contribution in [-0.2, 0) is 19.4 Å². The second kappa shape index (κ2) is 5.53. The second-order valence-electron chi connectivity index (χ2n) is 6.00. The Bertz CT molecular complexity index is 635. The summed E-state index contributed by atoms with van der Waals surface area (Å²) in [5, 5.41) is 3.46. The van der Waals surface area contributed by atoms with Crippen LogP contribution < -0.4 is 5.32 Å². The van der Waals surface area contributed by atoms with Gasteiger partial charge in [0.15, 0.2) is 0 Å². The van der Waals surface area contributed by atoms with Gasteiger partial charge in [-0.1, -0.05) is 12.5 Å². The van der Waals surface area contributed by atoms with E-state index in [2.05, 4.69) is 10.3 Å². The van der Waals surface area contributed by atoms with Crippen LogP contribution in [0.15, 0.2) is 24.4 Å². The fourth-order valence-electron chi connectivity index (χ4n) is 3.19. The number of hydrogen-bond donors (Lipinski definition) is 1. The molecule has 3 heterocycles. The minimum Gasteiger partial charge on any atom is -0.312 e. The molecule has 0 spiro atoms. The Morgan fingerprint density at radius 1 is 1.19 bits per heavy atom. The van der Waals surface area contributed by atoms with Crippen LogP contribution in [0, 0.1) is 0 Å². The minimum absolute atomic E-state index is 0.657. The van der Waals surface area contributed by atoms with Crippen molar-refractivity contribution in [3.8, 4) is 0 Å². The zero-order valence-corrected chi connectivity index (χ0v) is 12.2. The summed E-state index contributed by atoms with van der Waals surface area (Å²) in [5.41, 5.74) is 4.99. The molecule has 0 unspecified atom stereocenters. The first-order chi connectivity index (χ1) is 10.4. The third-order valence-electron chi connectivity index (χ3n) is 4.57. The van der Waals surface area contributed by atoms with Gasteiger partial charge in [-0.05, 0) is 25.0 Å². The molecule has 0 amide bonds. The van der Waals surface area contributed by atoms with E-state index in [1.165, 1.54) is 36.2 Å². The third-order valence-corrected chi connectivity index (χ3v) is 4.57. The molecule has 0 atom stereocenters. The Kier molecular flexibility index (Phi) is 3.39. The molecule has 1 aliphatic carbocycles. The number of pyridine rings is 1. The first-order valence-corrected chi connectivity index (χ1v) is 7.89. The van der Waals surface area contributed by atoms with E-state index in [9.17, 15) is 0 Å². The van der Waals surface area contributed by atoms with Gasteiger partial charge >= 0.3 is 0 Å². The summed E-state index contributed by atoms with van der Waals surface area (Å²) in [7, 11) is 0. The Morgan fingerprint density at radius 2 is 2.14 bits per heavy atom. The second-order valence-corrected chi connectivity index (χ2v) is 6.00. The maximum atomic E-state index is 4.91. The van der Waals surface area contributed by atoms with E-state index in [-0.39, 0.29) is 0 Å². The predicted octanol–water partition coefficient (Wildman–Crippen LogP) is 2.38. The van der Waals surface area contributed by atoms with Crippen LogP contribution in [0.5, 0.6) is 0 Å². The van der Waals surface area contributed by atoms with Crippen molar-refractivity contribution in [3.63, 3.8) is 0 Å². The molecule has 21 heavy (non-hydrogen) atoms. The number of nitrogens with zero attached hydrogens (tertiary/aromatic N) is 3. The van der Waals surface area contributed by atoms with Crippen molar-refractivity contribution in [3.05, 3.63) is 52.9 Å². The lowest BCUT2D eigenvalue weighted by Gasteiger charge is -2.29. The number of nitrogens with one attached hydrogen (secondary N) is 1. The summed E-state index contributed by atoms with van der Waals surface area (Å²) in [6, 6.07) is 6.02. The molecule has 2 aromatic heterocycles. The van der Waals surface area contributed by atoms with Gasteiger partial charge in [0.25, 0.3) is 0 Å². The lowest BCUT2D eigenvalue weighted by atomic mass is 9.80. The van der Waals surface area contributed by atoms with Crippen LogP contribution >= 0.6 is 0 Å². The molecule has 2 aromatic rings. The molecule has 1 N–H and O–H groups in total. The zero-order chi connectivity index (χ0) is 14.1. The highest BCUT2D eigenvalue weighted by Crippen LogP contribution is 2.38. The summed E-state index contributed by atoms with van der Waals surface area (Å²) in [6.45, 7) is 1.96. The lowest BCUT2D eigenvalue weighted by Crippen LogP contribution is -2.29. The van der Waals surface area contributed by atoms with Crippen LogP contribution in [0.2, 0.25) is 0 Å². The molecule has 0 saturated heterocycles. The van der Waals surface area contributed by atoms with Gasteiger partial charge in [-0.15, -0.1) is 0 Å². The summed E-state index contributed by atoms with van der Waals surface area (Å²) in [5.74, 6) is 1.60. The van der Waals surface area contributed by atoms with E-state index in [0.29, 0.717) is 5.92 Å².